The summed E-state index contributed by atoms with van der Waals surface area (Å²) >= 11 is 11.8. The zero-order chi connectivity index (χ0) is 17.6. The molecule has 7 nitrogen and oxygen atoms in total. The molecule has 0 fully saturated rings. The number of anilines is 1. The first kappa shape index (κ1) is 17.2. The molecule has 0 saturated carbocycles. The summed E-state index contributed by atoms with van der Waals surface area (Å²) in [6.07, 6.45) is 2.13. The molecule has 0 bridgehead atoms. The SMILES string of the molecule is COc1ccc(-n2nnnc2C/C=N\Nc2ccc(Cl)c(Cl)c2)cc1. The normalized spacial score (nSPS) is 11.0. The molecule has 3 rings (SSSR count). The molecule has 0 unspecified atom stereocenters. The highest BCUT2D eigenvalue weighted by molar-refractivity contribution is 6.42. The summed E-state index contributed by atoms with van der Waals surface area (Å²) in [5, 5.41) is 16.8. The van der Waals surface area contributed by atoms with Gasteiger partial charge in [0.05, 0.1) is 28.5 Å². The lowest BCUT2D eigenvalue weighted by Crippen LogP contribution is -2.04. The van der Waals surface area contributed by atoms with Gasteiger partial charge in [-0.3, -0.25) is 5.43 Å². The Balaban J connectivity index is 1.65. The molecule has 0 aliphatic carbocycles. The van der Waals surface area contributed by atoms with Gasteiger partial charge in [0.1, 0.15) is 5.75 Å². The van der Waals surface area contributed by atoms with Crippen molar-refractivity contribution in [1.29, 1.82) is 0 Å². The summed E-state index contributed by atoms with van der Waals surface area (Å²) in [7, 11) is 1.62. The standard InChI is InChI=1S/C16H14Cl2N6O/c1-25-13-5-3-12(4-6-13)24-16(21-22-23-24)8-9-19-20-11-2-7-14(17)15(18)10-11/h2-7,9-10,20H,8H2,1H3/b19-9-. The molecular formula is C16H14Cl2N6O. The molecule has 0 aliphatic rings. The van der Waals surface area contributed by atoms with Gasteiger partial charge in [-0.15, -0.1) is 5.10 Å². The second-order valence-electron chi connectivity index (χ2n) is 4.96. The second kappa shape index (κ2) is 7.96. The third-order valence-corrected chi connectivity index (χ3v) is 4.07. The molecular weight excluding hydrogens is 363 g/mol. The van der Waals surface area contributed by atoms with Crippen molar-refractivity contribution in [2.75, 3.05) is 12.5 Å². The monoisotopic (exact) mass is 376 g/mol. The van der Waals surface area contributed by atoms with Gasteiger partial charge in [0, 0.05) is 12.6 Å². The number of hydrazone groups is 1. The van der Waals surface area contributed by atoms with Gasteiger partial charge >= 0.3 is 0 Å². The van der Waals surface area contributed by atoms with Crippen LogP contribution in [0.4, 0.5) is 5.69 Å². The summed E-state index contributed by atoms with van der Waals surface area (Å²) < 4.78 is 6.79. The predicted molar refractivity (Wildman–Crippen MR) is 98.0 cm³/mol. The zero-order valence-electron chi connectivity index (χ0n) is 13.2. The van der Waals surface area contributed by atoms with Gasteiger partial charge in [-0.05, 0) is 52.9 Å². The number of tetrazole rings is 1. The molecule has 2 aromatic carbocycles. The molecule has 128 valence electrons. The van der Waals surface area contributed by atoms with Crippen LogP contribution in [0.3, 0.4) is 0 Å². The van der Waals surface area contributed by atoms with E-state index < -0.39 is 0 Å². The Morgan fingerprint density at radius 2 is 1.96 bits per heavy atom. The van der Waals surface area contributed by atoms with E-state index in [1.807, 2.05) is 24.3 Å². The first-order valence-electron chi connectivity index (χ1n) is 7.31. The number of methoxy groups -OCH3 is 1. The van der Waals surface area contributed by atoms with Crippen molar-refractivity contribution in [2.24, 2.45) is 5.10 Å². The number of benzene rings is 2. The summed E-state index contributed by atoms with van der Waals surface area (Å²) in [6, 6.07) is 12.6. The van der Waals surface area contributed by atoms with Crippen molar-refractivity contribution in [1.82, 2.24) is 20.2 Å². The summed E-state index contributed by atoms with van der Waals surface area (Å²) in [6.45, 7) is 0. The van der Waals surface area contributed by atoms with Crippen LogP contribution >= 0.6 is 23.2 Å². The van der Waals surface area contributed by atoms with E-state index in [1.54, 1.807) is 36.2 Å². The second-order valence-corrected chi connectivity index (χ2v) is 5.78. The summed E-state index contributed by atoms with van der Waals surface area (Å²) in [4.78, 5) is 0. The van der Waals surface area contributed by atoms with Crippen molar-refractivity contribution in [3.63, 3.8) is 0 Å². The van der Waals surface area contributed by atoms with Gasteiger partial charge < -0.3 is 4.74 Å². The lowest BCUT2D eigenvalue weighted by atomic mass is 10.3. The highest BCUT2D eigenvalue weighted by atomic mass is 35.5. The smallest absolute Gasteiger partial charge is 0.162 e. The third-order valence-electron chi connectivity index (χ3n) is 3.33. The number of nitrogens with zero attached hydrogens (tertiary/aromatic N) is 5. The molecule has 0 amide bonds. The summed E-state index contributed by atoms with van der Waals surface area (Å²) in [5.41, 5.74) is 4.46. The van der Waals surface area contributed by atoms with Crippen LogP contribution in [0.15, 0.2) is 47.6 Å². The van der Waals surface area contributed by atoms with E-state index in [-0.39, 0.29) is 0 Å². The van der Waals surface area contributed by atoms with E-state index in [2.05, 4.69) is 26.1 Å². The molecule has 1 aromatic heterocycles. The Bertz CT molecular complexity index is 879. The van der Waals surface area contributed by atoms with Crippen molar-refractivity contribution in [3.8, 4) is 11.4 Å². The largest absolute Gasteiger partial charge is 0.497 e. The molecule has 1 heterocycles. The number of halogens is 2. The minimum absolute atomic E-state index is 0.452. The first-order chi connectivity index (χ1) is 12.2. The van der Waals surface area contributed by atoms with Crippen LogP contribution in [0.1, 0.15) is 5.82 Å². The number of rotatable bonds is 6. The molecule has 3 aromatic rings. The van der Waals surface area contributed by atoms with Gasteiger partial charge in [0.2, 0.25) is 0 Å². The van der Waals surface area contributed by atoms with Gasteiger partial charge in [-0.25, -0.2) is 0 Å². The van der Waals surface area contributed by atoms with Crippen LogP contribution in [0.2, 0.25) is 10.0 Å². The van der Waals surface area contributed by atoms with E-state index >= 15 is 0 Å². The van der Waals surface area contributed by atoms with E-state index in [1.165, 1.54) is 0 Å². The third kappa shape index (κ3) is 4.26. The molecule has 9 heteroatoms. The van der Waals surface area contributed by atoms with Gasteiger partial charge in [0.25, 0.3) is 0 Å². The van der Waals surface area contributed by atoms with Crippen molar-refractivity contribution in [3.05, 3.63) is 58.3 Å². The topological polar surface area (TPSA) is 77.2 Å². The minimum atomic E-state index is 0.452. The lowest BCUT2D eigenvalue weighted by molar-refractivity contribution is 0.414. The van der Waals surface area contributed by atoms with Crippen LogP contribution in [0.25, 0.3) is 5.69 Å². The number of nitrogens with one attached hydrogen (secondary N) is 1. The minimum Gasteiger partial charge on any atom is -0.497 e. The Morgan fingerprint density at radius 3 is 2.68 bits per heavy atom. The molecule has 0 saturated heterocycles. The van der Waals surface area contributed by atoms with Gasteiger partial charge in [-0.1, -0.05) is 23.2 Å². The average molecular weight is 377 g/mol. The van der Waals surface area contributed by atoms with Crippen LogP contribution in [0.5, 0.6) is 5.75 Å². The first-order valence-corrected chi connectivity index (χ1v) is 8.07. The number of hydrogen-bond acceptors (Lipinski definition) is 6. The van der Waals surface area contributed by atoms with Crippen LogP contribution < -0.4 is 10.2 Å². The predicted octanol–water partition coefficient (Wildman–Crippen LogP) is 3.62. The zero-order valence-corrected chi connectivity index (χ0v) is 14.7. The molecule has 0 spiro atoms. The van der Waals surface area contributed by atoms with E-state index in [4.69, 9.17) is 27.9 Å². The molecule has 25 heavy (non-hydrogen) atoms. The van der Waals surface area contributed by atoms with Crippen LogP contribution in [-0.2, 0) is 6.42 Å². The Morgan fingerprint density at radius 1 is 1.16 bits per heavy atom. The highest BCUT2D eigenvalue weighted by Crippen LogP contribution is 2.24. The Kier molecular flexibility index (Phi) is 5.47. The quantitative estimate of drug-likeness (QED) is 0.525. The molecule has 1 N–H and O–H groups in total. The Labute approximate surface area is 154 Å². The maximum absolute atomic E-state index is 5.96. The molecule has 0 atom stereocenters. The summed E-state index contributed by atoms with van der Waals surface area (Å²) in [5.74, 6) is 1.43. The lowest BCUT2D eigenvalue weighted by Gasteiger charge is -2.04. The number of ether oxygens (including phenoxy) is 1. The maximum atomic E-state index is 5.96. The molecule has 0 radical (unpaired) electrons. The van der Waals surface area contributed by atoms with Crippen LogP contribution in [-0.4, -0.2) is 33.5 Å². The van der Waals surface area contributed by atoms with E-state index in [0.29, 0.717) is 22.3 Å². The van der Waals surface area contributed by atoms with Gasteiger partial charge in [0.15, 0.2) is 5.82 Å². The molecule has 0 aliphatic heterocycles. The Hall–Kier alpha value is -2.64. The van der Waals surface area contributed by atoms with E-state index in [0.717, 1.165) is 17.1 Å². The van der Waals surface area contributed by atoms with Crippen molar-refractivity contribution in [2.45, 2.75) is 6.42 Å². The van der Waals surface area contributed by atoms with Crippen molar-refractivity contribution >= 4 is 35.1 Å². The fourth-order valence-electron chi connectivity index (χ4n) is 2.07. The number of hydrogen-bond donors (Lipinski definition) is 1. The average Bonchev–Trinajstić information content (AvgIpc) is 3.10. The number of aromatic nitrogens is 4. The van der Waals surface area contributed by atoms with Gasteiger partial charge in [-0.2, -0.15) is 9.78 Å². The maximum Gasteiger partial charge on any atom is 0.162 e. The highest BCUT2D eigenvalue weighted by Gasteiger charge is 2.07. The fourth-order valence-corrected chi connectivity index (χ4v) is 2.37. The fraction of sp³-hybridized carbons (Fsp3) is 0.125. The van der Waals surface area contributed by atoms with Crippen LogP contribution in [0, 0.1) is 0 Å². The van der Waals surface area contributed by atoms with E-state index in [9.17, 15) is 0 Å². The van der Waals surface area contributed by atoms with Crippen molar-refractivity contribution < 1.29 is 4.74 Å².